The van der Waals surface area contributed by atoms with Gasteiger partial charge < -0.3 is 14.9 Å². The number of amides is 1. The Morgan fingerprint density at radius 1 is 0.933 bits per heavy atom. The Hall–Kier alpha value is -2.53. The van der Waals surface area contributed by atoms with Gasteiger partial charge in [0.1, 0.15) is 5.75 Å². The smallest absolute Gasteiger partial charge is 0.239 e. The van der Waals surface area contributed by atoms with Gasteiger partial charge in [-0.05, 0) is 61.9 Å². The Balaban J connectivity index is 1.24. The molecular formula is C25H33N3O2. The molecule has 0 aliphatic carbocycles. The van der Waals surface area contributed by atoms with Crippen LogP contribution in [0.5, 0.6) is 5.75 Å². The number of likely N-dealkylation sites (tertiary alicyclic amines) is 1. The monoisotopic (exact) mass is 407 g/mol. The summed E-state index contributed by atoms with van der Waals surface area (Å²) >= 11 is 0. The van der Waals surface area contributed by atoms with Crippen molar-refractivity contribution in [3.8, 4) is 5.75 Å². The summed E-state index contributed by atoms with van der Waals surface area (Å²) in [7, 11) is 0. The maximum atomic E-state index is 13.1. The molecule has 0 radical (unpaired) electrons. The van der Waals surface area contributed by atoms with E-state index in [1.165, 1.54) is 5.56 Å². The van der Waals surface area contributed by atoms with E-state index in [0.29, 0.717) is 11.7 Å². The summed E-state index contributed by atoms with van der Waals surface area (Å²) in [5.74, 6) is 1.26. The van der Waals surface area contributed by atoms with Crippen LogP contribution in [-0.2, 0) is 11.2 Å². The number of phenols is 1. The number of hydrogen-bond acceptors (Lipinski definition) is 4. The Morgan fingerprint density at radius 2 is 1.57 bits per heavy atom. The average molecular weight is 408 g/mol. The number of rotatable bonds is 5. The van der Waals surface area contributed by atoms with Crippen LogP contribution >= 0.6 is 0 Å². The molecule has 0 saturated carbocycles. The highest BCUT2D eigenvalue weighted by atomic mass is 16.3. The van der Waals surface area contributed by atoms with Crippen molar-refractivity contribution < 1.29 is 9.90 Å². The Kier molecular flexibility index (Phi) is 6.58. The van der Waals surface area contributed by atoms with Crippen LogP contribution < -0.4 is 4.90 Å². The molecule has 1 N–H and O–H groups in total. The lowest BCUT2D eigenvalue weighted by Crippen LogP contribution is -2.55. The number of piperazine rings is 1. The van der Waals surface area contributed by atoms with Crippen LogP contribution in [0, 0.1) is 5.92 Å². The molecule has 0 spiro atoms. The quantitative estimate of drug-likeness (QED) is 0.825. The van der Waals surface area contributed by atoms with Gasteiger partial charge in [0, 0.05) is 45.0 Å². The molecule has 2 saturated heterocycles. The fourth-order valence-corrected chi connectivity index (χ4v) is 4.76. The second-order valence-electron chi connectivity index (χ2n) is 8.67. The van der Waals surface area contributed by atoms with Gasteiger partial charge in [-0.3, -0.25) is 9.69 Å². The molecule has 0 aromatic heterocycles. The summed E-state index contributed by atoms with van der Waals surface area (Å²) in [6.07, 6.45) is 3.32. The largest absolute Gasteiger partial charge is 0.508 e. The van der Waals surface area contributed by atoms with Gasteiger partial charge in [0.2, 0.25) is 5.91 Å². The topological polar surface area (TPSA) is 47.0 Å². The molecule has 4 rings (SSSR count). The molecule has 2 aliphatic heterocycles. The molecule has 5 nitrogen and oxygen atoms in total. The van der Waals surface area contributed by atoms with Crippen LogP contribution in [0.3, 0.4) is 0 Å². The summed E-state index contributed by atoms with van der Waals surface area (Å²) in [6, 6.07) is 18.0. The van der Waals surface area contributed by atoms with Gasteiger partial charge in [-0.25, -0.2) is 0 Å². The van der Waals surface area contributed by atoms with Crippen LogP contribution in [-0.4, -0.2) is 66.1 Å². The highest BCUT2D eigenvalue weighted by molar-refractivity contribution is 5.81. The van der Waals surface area contributed by atoms with Crippen molar-refractivity contribution in [1.82, 2.24) is 9.80 Å². The van der Waals surface area contributed by atoms with Crippen LogP contribution in [0.1, 0.15) is 25.3 Å². The van der Waals surface area contributed by atoms with Gasteiger partial charge >= 0.3 is 0 Å². The maximum absolute atomic E-state index is 13.1. The van der Waals surface area contributed by atoms with Crippen molar-refractivity contribution in [2.75, 3.05) is 44.2 Å². The molecule has 2 aromatic carbocycles. The summed E-state index contributed by atoms with van der Waals surface area (Å²) in [5.41, 5.74) is 2.54. The van der Waals surface area contributed by atoms with Crippen LogP contribution in [0.15, 0.2) is 54.6 Å². The van der Waals surface area contributed by atoms with Crippen molar-refractivity contribution in [2.24, 2.45) is 5.92 Å². The number of anilines is 1. The second kappa shape index (κ2) is 9.52. The molecule has 1 atom stereocenters. The number of carbonyl (C=O) groups is 1. The fraction of sp³-hybridized carbons (Fsp3) is 0.480. The Bertz CT molecular complexity index is 808. The van der Waals surface area contributed by atoms with E-state index in [4.69, 9.17) is 0 Å². The molecule has 0 bridgehead atoms. The first-order valence-electron chi connectivity index (χ1n) is 11.2. The second-order valence-corrected chi connectivity index (χ2v) is 8.67. The average Bonchev–Trinajstić information content (AvgIpc) is 2.80. The minimum atomic E-state index is -0.0577. The Labute approximate surface area is 179 Å². The van der Waals surface area contributed by atoms with E-state index in [-0.39, 0.29) is 11.9 Å². The zero-order valence-corrected chi connectivity index (χ0v) is 17.9. The summed E-state index contributed by atoms with van der Waals surface area (Å²) in [4.78, 5) is 19.8. The molecule has 1 amide bonds. The van der Waals surface area contributed by atoms with Gasteiger partial charge in [-0.2, -0.15) is 0 Å². The first-order valence-corrected chi connectivity index (χ1v) is 11.2. The van der Waals surface area contributed by atoms with Gasteiger partial charge in [0.25, 0.3) is 0 Å². The van der Waals surface area contributed by atoms with Gasteiger partial charge in [0.05, 0.1) is 6.04 Å². The predicted octanol–water partition coefficient (Wildman–Crippen LogP) is 3.38. The lowest BCUT2D eigenvalue weighted by molar-refractivity contribution is -0.138. The molecule has 2 fully saturated rings. The van der Waals surface area contributed by atoms with E-state index in [9.17, 15) is 9.90 Å². The van der Waals surface area contributed by atoms with E-state index in [0.717, 1.165) is 64.2 Å². The van der Waals surface area contributed by atoms with Crippen molar-refractivity contribution in [3.05, 3.63) is 60.2 Å². The number of nitrogens with zero attached hydrogens (tertiary/aromatic N) is 3. The maximum Gasteiger partial charge on any atom is 0.239 e. The van der Waals surface area contributed by atoms with Gasteiger partial charge in [-0.15, -0.1) is 0 Å². The van der Waals surface area contributed by atoms with Crippen molar-refractivity contribution in [2.45, 2.75) is 32.2 Å². The van der Waals surface area contributed by atoms with Crippen molar-refractivity contribution >= 4 is 11.6 Å². The number of carbonyl (C=O) groups excluding carboxylic acids is 1. The molecular weight excluding hydrogens is 374 g/mol. The number of aromatic hydroxyl groups is 1. The first kappa shape index (κ1) is 20.7. The van der Waals surface area contributed by atoms with Crippen LogP contribution in [0.2, 0.25) is 0 Å². The minimum Gasteiger partial charge on any atom is -0.508 e. The summed E-state index contributed by atoms with van der Waals surface area (Å²) in [6.45, 7) is 7.41. The highest BCUT2D eigenvalue weighted by Crippen LogP contribution is 2.24. The lowest BCUT2D eigenvalue weighted by atomic mass is 9.90. The van der Waals surface area contributed by atoms with E-state index in [1.54, 1.807) is 12.1 Å². The highest BCUT2D eigenvalue weighted by Gasteiger charge is 2.31. The zero-order valence-electron chi connectivity index (χ0n) is 17.9. The molecule has 5 heteroatoms. The van der Waals surface area contributed by atoms with Crippen molar-refractivity contribution in [1.29, 1.82) is 0 Å². The number of piperidine rings is 1. The standard InChI is InChI=1S/C25H33N3O2/c1-20(26-15-17-27(18-16-26)23-7-9-24(29)10-8-23)25(30)28-13-11-22(12-14-28)19-21-5-3-2-4-6-21/h2-10,20,22,29H,11-19H2,1H3. The van der Waals surface area contributed by atoms with E-state index < -0.39 is 0 Å². The zero-order chi connectivity index (χ0) is 20.9. The number of benzene rings is 2. The lowest BCUT2D eigenvalue weighted by Gasteiger charge is -2.41. The molecule has 1 unspecified atom stereocenters. The van der Waals surface area contributed by atoms with Crippen LogP contribution in [0.4, 0.5) is 5.69 Å². The van der Waals surface area contributed by atoms with Gasteiger partial charge in [0.15, 0.2) is 0 Å². The molecule has 2 aliphatic rings. The van der Waals surface area contributed by atoms with Gasteiger partial charge in [-0.1, -0.05) is 30.3 Å². The summed E-state index contributed by atoms with van der Waals surface area (Å²) in [5, 5.41) is 9.48. The number of phenolic OH excluding ortho intramolecular Hbond substituents is 1. The van der Waals surface area contributed by atoms with Crippen molar-refractivity contribution in [3.63, 3.8) is 0 Å². The molecule has 160 valence electrons. The summed E-state index contributed by atoms with van der Waals surface area (Å²) < 4.78 is 0. The fourth-order valence-electron chi connectivity index (χ4n) is 4.76. The normalized spacial score (nSPS) is 19.6. The van der Waals surface area contributed by atoms with E-state index in [2.05, 4.69) is 52.0 Å². The molecule has 30 heavy (non-hydrogen) atoms. The SMILES string of the molecule is CC(C(=O)N1CCC(Cc2ccccc2)CC1)N1CCN(c2ccc(O)cc2)CC1. The minimum absolute atomic E-state index is 0.0577. The third kappa shape index (κ3) is 4.96. The number of hydrogen-bond donors (Lipinski definition) is 1. The Morgan fingerprint density at radius 3 is 2.20 bits per heavy atom. The van der Waals surface area contributed by atoms with E-state index in [1.807, 2.05) is 12.1 Å². The third-order valence-electron chi connectivity index (χ3n) is 6.73. The predicted molar refractivity (Wildman–Crippen MR) is 121 cm³/mol. The van der Waals surface area contributed by atoms with E-state index >= 15 is 0 Å². The van der Waals surface area contributed by atoms with Crippen LogP contribution in [0.25, 0.3) is 0 Å². The third-order valence-corrected chi connectivity index (χ3v) is 6.73. The molecule has 2 heterocycles. The molecule has 2 aromatic rings. The first-order chi connectivity index (χ1) is 14.6.